The Hall–Kier alpha value is -1.99. The van der Waals surface area contributed by atoms with Gasteiger partial charge in [-0.25, -0.2) is 0 Å². The summed E-state index contributed by atoms with van der Waals surface area (Å²) in [5, 5.41) is 9.58. The van der Waals surface area contributed by atoms with E-state index < -0.39 is 29.7 Å². The Bertz CT molecular complexity index is 570. The number of carbonyl (C=O) groups is 2. The quantitative estimate of drug-likeness (QED) is 0.801. The maximum Gasteiger partial charge on any atom is 0.325 e. The van der Waals surface area contributed by atoms with Crippen LogP contribution >= 0.6 is 0 Å². The standard InChI is InChI=1S/C16H23N3O4/c1-16(2,3)23-15(22)11-6-9-19(13(11)17)12(14(20)21)10-4-7-18-8-5-10/h4-5,7-8,11-13H,6,9,17H2,1-3H3,(H,20,21)/t11-,12-,13-/m0/s1. The normalized spacial score (nSPS) is 23.5. The molecule has 1 aliphatic heterocycles. The van der Waals surface area contributed by atoms with Gasteiger partial charge in [-0.3, -0.25) is 19.5 Å². The van der Waals surface area contributed by atoms with Gasteiger partial charge in [0, 0.05) is 18.9 Å². The molecule has 0 spiro atoms. The highest BCUT2D eigenvalue weighted by Gasteiger charge is 2.43. The van der Waals surface area contributed by atoms with Crippen LogP contribution in [-0.2, 0) is 14.3 Å². The molecule has 0 saturated carbocycles. The minimum atomic E-state index is -1.00. The van der Waals surface area contributed by atoms with Gasteiger partial charge in [0.1, 0.15) is 11.6 Å². The summed E-state index contributed by atoms with van der Waals surface area (Å²) >= 11 is 0. The number of carboxylic acids is 1. The predicted octanol–water partition coefficient (Wildman–Crippen LogP) is 1.16. The Balaban J connectivity index is 2.18. The zero-order valence-electron chi connectivity index (χ0n) is 13.6. The fourth-order valence-electron chi connectivity index (χ4n) is 2.80. The lowest BCUT2D eigenvalue weighted by Crippen LogP contribution is -2.47. The van der Waals surface area contributed by atoms with Crippen molar-refractivity contribution < 1.29 is 19.4 Å². The van der Waals surface area contributed by atoms with E-state index in [0.29, 0.717) is 18.5 Å². The van der Waals surface area contributed by atoms with Crippen LogP contribution in [0.1, 0.15) is 38.8 Å². The van der Waals surface area contributed by atoms with Gasteiger partial charge in [-0.05, 0) is 44.9 Å². The van der Waals surface area contributed by atoms with Crippen LogP contribution in [0.5, 0.6) is 0 Å². The molecule has 7 heteroatoms. The molecule has 1 aromatic heterocycles. The Morgan fingerprint density at radius 2 is 2.00 bits per heavy atom. The van der Waals surface area contributed by atoms with E-state index in [2.05, 4.69) is 4.98 Å². The largest absolute Gasteiger partial charge is 0.480 e. The summed E-state index contributed by atoms with van der Waals surface area (Å²) in [6, 6.07) is 2.39. The number of aromatic nitrogens is 1. The summed E-state index contributed by atoms with van der Waals surface area (Å²) < 4.78 is 5.38. The Kier molecular flexibility index (Phi) is 5.01. The smallest absolute Gasteiger partial charge is 0.325 e. The van der Waals surface area contributed by atoms with Crippen molar-refractivity contribution in [2.75, 3.05) is 6.54 Å². The number of nitrogens with two attached hydrogens (primary N) is 1. The van der Waals surface area contributed by atoms with Gasteiger partial charge in [-0.2, -0.15) is 0 Å². The molecule has 23 heavy (non-hydrogen) atoms. The van der Waals surface area contributed by atoms with Gasteiger partial charge in [0.15, 0.2) is 0 Å². The van der Waals surface area contributed by atoms with Crippen molar-refractivity contribution in [3.05, 3.63) is 30.1 Å². The molecule has 7 nitrogen and oxygen atoms in total. The maximum absolute atomic E-state index is 12.3. The molecule has 3 atom stereocenters. The number of carbonyl (C=O) groups excluding carboxylic acids is 1. The first-order chi connectivity index (χ1) is 10.7. The molecule has 126 valence electrons. The number of likely N-dealkylation sites (tertiary alicyclic amines) is 1. The molecule has 1 saturated heterocycles. The van der Waals surface area contributed by atoms with Gasteiger partial charge < -0.3 is 15.6 Å². The molecule has 0 bridgehead atoms. The van der Waals surface area contributed by atoms with Crippen LogP contribution in [0.4, 0.5) is 0 Å². The highest BCUT2D eigenvalue weighted by Crippen LogP contribution is 2.32. The first kappa shape index (κ1) is 17.4. The van der Waals surface area contributed by atoms with Crippen LogP contribution in [0.3, 0.4) is 0 Å². The SMILES string of the molecule is CC(C)(C)OC(=O)[C@H]1CCN([C@H](C(=O)O)c2ccncc2)[C@@H]1N. The average Bonchev–Trinajstić information content (AvgIpc) is 2.80. The molecular formula is C16H23N3O4. The molecule has 2 rings (SSSR count). The lowest BCUT2D eigenvalue weighted by Gasteiger charge is -2.30. The second-order valence-corrected chi connectivity index (χ2v) is 6.68. The van der Waals surface area contributed by atoms with E-state index in [4.69, 9.17) is 10.5 Å². The molecule has 3 N–H and O–H groups in total. The molecule has 2 heterocycles. The van der Waals surface area contributed by atoms with E-state index in [0.717, 1.165) is 0 Å². The van der Waals surface area contributed by atoms with Crippen LogP contribution in [0.15, 0.2) is 24.5 Å². The molecule has 0 aromatic carbocycles. The molecule has 1 aromatic rings. The van der Waals surface area contributed by atoms with E-state index in [1.54, 1.807) is 37.8 Å². The molecule has 0 aliphatic carbocycles. The van der Waals surface area contributed by atoms with Gasteiger partial charge in [0.05, 0.1) is 12.1 Å². The maximum atomic E-state index is 12.3. The Morgan fingerprint density at radius 3 is 2.52 bits per heavy atom. The fourth-order valence-corrected chi connectivity index (χ4v) is 2.80. The zero-order chi connectivity index (χ0) is 17.2. The van der Waals surface area contributed by atoms with Gasteiger partial charge in [-0.15, -0.1) is 0 Å². The number of hydrogen-bond acceptors (Lipinski definition) is 6. The topological polar surface area (TPSA) is 106 Å². The van der Waals surface area contributed by atoms with Crippen molar-refractivity contribution in [2.24, 2.45) is 11.7 Å². The van der Waals surface area contributed by atoms with Crippen molar-refractivity contribution >= 4 is 11.9 Å². The molecule has 1 aliphatic rings. The predicted molar refractivity (Wildman–Crippen MR) is 83.2 cm³/mol. The zero-order valence-corrected chi connectivity index (χ0v) is 13.6. The first-order valence-corrected chi connectivity index (χ1v) is 7.57. The summed E-state index contributed by atoms with van der Waals surface area (Å²) in [5.74, 6) is -1.92. The highest BCUT2D eigenvalue weighted by molar-refractivity contribution is 5.77. The second kappa shape index (κ2) is 6.64. The number of carboxylic acid groups (broad SMARTS) is 1. The summed E-state index contributed by atoms with van der Waals surface area (Å²) in [4.78, 5) is 29.5. The third-order valence-corrected chi connectivity index (χ3v) is 3.79. The minimum absolute atomic E-state index is 0.383. The number of rotatable bonds is 4. The van der Waals surface area contributed by atoms with Gasteiger partial charge in [0.25, 0.3) is 0 Å². The van der Waals surface area contributed by atoms with Gasteiger partial charge in [0.2, 0.25) is 0 Å². The van der Waals surface area contributed by atoms with E-state index in [1.165, 1.54) is 12.4 Å². The van der Waals surface area contributed by atoms with Crippen molar-refractivity contribution in [3.8, 4) is 0 Å². The van der Waals surface area contributed by atoms with Crippen molar-refractivity contribution in [1.29, 1.82) is 0 Å². The van der Waals surface area contributed by atoms with Crippen molar-refractivity contribution in [3.63, 3.8) is 0 Å². The fraction of sp³-hybridized carbons (Fsp3) is 0.562. The summed E-state index contributed by atoms with van der Waals surface area (Å²) in [7, 11) is 0. The Labute approximate surface area is 135 Å². The average molecular weight is 321 g/mol. The molecular weight excluding hydrogens is 298 g/mol. The lowest BCUT2D eigenvalue weighted by atomic mass is 10.0. The van der Waals surface area contributed by atoms with E-state index >= 15 is 0 Å². The first-order valence-electron chi connectivity index (χ1n) is 7.57. The summed E-state index contributed by atoms with van der Waals surface area (Å²) in [6.07, 6.45) is 2.86. The third kappa shape index (κ3) is 4.05. The van der Waals surface area contributed by atoms with E-state index in [1.807, 2.05) is 0 Å². The van der Waals surface area contributed by atoms with Crippen molar-refractivity contribution in [2.45, 2.75) is 45.0 Å². The van der Waals surface area contributed by atoms with Crippen LogP contribution in [0.25, 0.3) is 0 Å². The summed E-state index contributed by atoms with van der Waals surface area (Å²) in [5.41, 5.74) is 6.16. The number of aliphatic carboxylic acids is 1. The molecule has 0 unspecified atom stereocenters. The molecule has 0 amide bonds. The van der Waals surface area contributed by atoms with Crippen molar-refractivity contribution in [1.82, 2.24) is 9.88 Å². The highest BCUT2D eigenvalue weighted by atomic mass is 16.6. The number of pyridine rings is 1. The third-order valence-electron chi connectivity index (χ3n) is 3.79. The van der Waals surface area contributed by atoms with Crippen LogP contribution in [0.2, 0.25) is 0 Å². The van der Waals surface area contributed by atoms with E-state index in [9.17, 15) is 14.7 Å². The van der Waals surface area contributed by atoms with Crippen LogP contribution in [0, 0.1) is 5.92 Å². The van der Waals surface area contributed by atoms with Crippen LogP contribution in [-0.4, -0.2) is 45.2 Å². The number of esters is 1. The monoisotopic (exact) mass is 321 g/mol. The van der Waals surface area contributed by atoms with Gasteiger partial charge in [-0.1, -0.05) is 0 Å². The van der Waals surface area contributed by atoms with E-state index in [-0.39, 0.29) is 5.97 Å². The second-order valence-electron chi connectivity index (χ2n) is 6.68. The number of ether oxygens (including phenoxy) is 1. The van der Waals surface area contributed by atoms with Gasteiger partial charge >= 0.3 is 11.9 Å². The Morgan fingerprint density at radius 1 is 1.39 bits per heavy atom. The van der Waals surface area contributed by atoms with Crippen LogP contribution < -0.4 is 5.73 Å². The minimum Gasteiger partial charge on any atom is -0.480 e. The number of hydrogen-bond donors (Lipinski definition) is 2. The number of nitrogens with zero attached hydrogens (tertiary/aromatic N) is 2. The molecule has 1 fully saturated rings. The lowest BCUT2D eigenvalue weighted by molar-refractivity contribution is -0.161. The summed E-state index contributed by atoms with van der Waals surface area (Å²) in [6.45, 7) is 5.80. The molecule has 0 radical (unpaired) electrons.